The quantitative estimate of drug-likeness (QED) is 0.625. The van der Waals surface area contributed by atoms with E-state index >= 15 is 0 Å². The van der Waals surface area contributed by atoms with E-state index in [1.54, 1.807) is 30.4 Å². The molecule has 0 saturated carbocycles. The van der Waals surface area contributed by atoms with E-state index in [4.69, 9.17) is 10.5 Å². The summed E-state index contributed by atoms with van der Waals surface area (Å²) in [4.78, 5) is 43.6. The molecule has 174 valence electrons. The first-order valence-corrected chi connectivity index (χ1v) is 11.0. The number of carbonyl (C=O) groups is 3. The number of fused-ring (bicyclic) bond motifs is 2. The zero-order valence-electron chi connectivity index (χ0n) is 18.6. The van der Waals surface area contributed by atoms with Crippen LogP contribution in [0.2, 0.25) is 0 Å². The summed E-state index contributed by atoms with van der Waals surface area (Å²) < 4.78 is 5.52. The summed E-state index contributed by atoms with van der Waals surface area (Å²) in [5, 5.41) is 13.3. The second-order valence-corrected chi connectivity index (χ2v) is 8.54. The minimum atomic E-state index is -1.70. The molecule has 9 heteroatoms. The van der Waals surface area contributed by atoms with E-state index in [-0.39, 0.29) is 25.4 Å². The van der Waals surface area contributed by atoms with Crippen LogP contribution in [0.25, 0.3) is 6.08 Å². The Morgan fingerprint density at radius 2 is 2.09 bits per heavy atom. The smallest absolute Gasteiger partial charge is 0.259 e. The van der Waals surface area contributed by atoms with Gasteiger partial charge in [-0.15, -0.1) is 0 Å². The number of hydrogen-bond donors (Lipinski definition) is 3. The highest BCUT2D eigenvalue weighted by atomic mass is 16.5. The number of aliphatic hydroxyl groups is 1. The van der Waals surface area contributed by atoms with E-state index in [0.717, 1.165) is 27.8 Å². The number of anilines is 2. The van der Waals surface area contributed by atoms with Crippen molar-refractivity contribution >= 4 is 40.9 Å². The molecular weight excluding hydrogens is 436 g/mol. The first-order chi connectivity index (χ1) is 16.3. The Hall–Kier alpha value is -3.82. The van der Waals surface area contributed by atoms with Gasteiger partial charge >= 0.3 is 0 Å². The molecule has 34 heavy (non-hydrogen) atoms. The molecule has 2 aromatic rings. The summed E-state index contributed by atoms with van der Waals surface area (Å²) in [5.41, 5.74) is 11.3. The maximum absolute atomic E-state index is 13.2. The van der Waals surface area contributed by atoms with Crippen LogP contribution in [0.15, 0.2) is 41.4 Å². The highest BCUT2D eigenvalue weighted by Crippen LogP contribution is 2.31. The fraction of sp³-hybridized carbons (Fsp3) is 0.280. The monoisotopic (exact) mass is 460 g/mol. The molecule has 1 fully saturated rings. The average Bonchev–Trinajstić information content (AvgIpc) is 3.19. The van der Waals surface area contributed by atoms with Gasteiger partial charge in [0, 0.05) is 29.9 Å². The molecule has 0 bridgehead atoms. The number of hydrogen-bond acceptors (Lipinski definition) is 7. The number of allylic oxidation sites excluding steroid dienone is 1. The number of amides is 2. The molecule has 1 aliphatic carbocycles. The van der Waals surface area contributed by atoms with E-state index < -0.39 is 24.0 Å². The Balaban J connectivity index is 1.33. The summed E-state index contributed by atoms with van der Waals surface area (Å²) in [6, 6.07) is 8.85. The average molecular weight is 460 g/mol. The molecule has 0 aromatic heterocycles. The highest BCUT2D eigenvalue weighted by molar-refractivity contribution is 6.06. The molecule has 2 amide bonds. The van der Waals surface area contributed by atoms with Gasteiger partial charge in [-0.3, -0.25) is 19.4 Å². The largest absolute Gasteiger partial charge is 0.383 e. The fourth-order valence-electron chi connectivity index (χ4n) is 4.60. The normalized spacial score (nSPS) is 20.0. The summed E-state index contributed by atoms with van der Waals surface area (Å²) in [6.07, 6.45) is 0.548. The van der Waals surface area contributed by atoms with E-state index in [1.165, 1.54) is 4.90 Å². The van der Waals surface area contributed by atoms with Crippen molar-refractivity contribution in [3.8, 4) is 0 Å². The molecular formula is C25H24N4O5. The highest BCUT2D eigenvalue weighted by Gasteiger charge is 2.40. The summed E-state index contributed by atoms with van der Waals surface area (Å²) in [6.45, 7) is 2.73. The lowest BCUT2D eigenvalue weighted by Gasteiger charge is -2.35. The number of morpholine rings is 1. The van der Waals surface area contributed by atoms with Crippen LogP contribution < -0.4 is 16.0 Å². The van der Waals surface area contributed by atoms with E-state index in [1.807, 2.05) is 19.1 Å². The van der Waals surface area contributed by atoms with Gasteiger partial charge in [0.2, 0.25) is 0 Å². The molecule has 1 saturated heterocycles. The number of ketones is 1. The molecule has 4 N–H and O–H groups in total. The van der Waals surface area contributed by atoms with Gasteiger partial charge in [-0.2, -0.15) is 0 Å². The van der Waals surface area contributed by atoms with Crippen LogP contribution in [0.4, 0.5) is 11.4 Å². The molecule has 2 aromatic carbocycles. The molecule has 0 radical (unpaired) electrons. The molecule has 3 aliphatic rings. The third kappa shape index (κ3) is 3.78. The van der Waals surface area contributed by atoms with Gasteiger partial charge in [-0.25, -0.2) is 0 Å². The Bertz CT molecular complexity index is 1280. The number of nitrogens with one attached hydrogen (secondary N) is 1. The van der Waals surface area contributed by atoms with Crippen molar-refractivity contribution in [2.75, 3.05) is 23.4 Å². The van der Waals surface area contributed by atoms with E-state index in [9.17, 15) is 19.5 Å². The molecule has 2 atom stereocenters. The SMILES string of the molecule is Cc1c(N2CCO[C@H]([C@@H](O)C(=O)Nc3ccc4c(c3)CN=C4N)C2=O)ccc2c1CC(=O)C=C2. The van der Waals surface area contributed by atoms with Crippen LogP contribution in [0.1, 0.15) is 27.8 Å². The predicted octanol–water partition coefficient (Wildman–Crippen LogP) is 1.08. The molecule has 2 aliphatic heterocycles. The van der Waals surface area contributed by atoms with Gasteiger partial charge in [0.1, 0.15) is 5.84 Å². The Morgan fingerprint density at radius 3 is 2.91 bits per heavy atom. The second-order valence-electron chi connectivity index (χ2n) is 8.54. The molecule has 0 spiro atoms. The maximum Gasteiger partial charge on any atom is 0.259 e. The second kappa shape index (κ2) is 8.51. The lowest BCUT2D eigenvalue weighted by molar-refractivity contribution is -0.150. The number of ether oxygens (including phenoxy) is 1. The number of benzene rings is 2. The van der Waals surface area contributed by atoms with Gasteiger partial charge in [0.25, 0.3) is 11.8 Å². The molecule has 0 unspecified atom stereocenters. The standard InChI is InChI=1S/C25H24N4O5/c1-13-19-11-17(30)5-2-14(19)3-7-20(13)29-8-9-34-22(25(29)33)21(31)24(32)28-16-4-6-18-15(10-16)12-27-23(18)26/h2-7,10,21-22,31H,8-9,11-12H2,1H3,(H2,26,27)(H,28,32)/t21-,22-/m1/s1. The van der Waals surface area contributed by atoms with Crippen LogP contribution in [0.5, 0.6) is 0 Å². The van der Waals surface area contributed by atoms with Crippen LogP contribution >= 0.6 is 0 Å². The first kappa shape index (κ1) is 22.0. The topological polar surface area (TPSA) is 134 Å². The first-order valence-electron chi connectivity index (χ1n) is 11.0. The number of amidine groups is 1. The Labute approximate surface area is 195 Å². The number of rotatable bonds is 4. The third-order valence-electron chi connectivity index (χ3n) is 6.44. The Kier molecular flexibility index (Phi) is 5.51. The van der Waals surface area contributed by atoms with Gasteiger partial charge in [-0.1, -0.05) is 12.1 Å². The van der Waals surface area contributed by atoms with Crippen molar-refractivity contribution in [3.63, 3.8) is 0 Å². The van der Waals surface area contributed by atoms with E-state index in [2.05, 4.69) is 10.3 Å². The Morgan fingerprint density at radius 1 is 1.26 bits per heavy atom. The van der Waals surface area contributed by atoms with Crippen LogP contribution in [-0.2, 0) is 32.1 Å². The maximum atomic E-state index is 13.2. The van der Waals surface area contributed by atoms with Crippen molar-refractivity contribution < 1.29 is 24.2 Å². The zero-order valence-corrected chi connectivity index (χ0v) is 18.6. The number of aliphatic imine (C=N–C) groups is 1. The van der Waals surface area contributed by atoms with Crippen LogP contribution in [0, 0.1) is 6.92 Å². The van der Waals surface area contributed by atoms with Crippen molar-refractivity contribution in [2.45, 2.75) is 32.1 Å². The molecule has 5 rings (SSSR count). The zero-order chi connectivity index (χ0) is 24.0. The lowest BCUT2D eigenvalue weighted by Crippen LogP contribution is -2.55. The predicted molar refractivity (Wildman–Crippen MR) is 127 cm³/mol. The third-order valence-corrected chi connectivity index (χ3v) is 6.44. The van der Waals surface area contributed by atoms with Gasteiger partial charge in [-0.05, 0) is 59.5 Å². The summed E-state index contributed by atoms with van der Waals surface area (Å²) >= 11 is 0. The van der Waals surface area contributed by atoms with Crippen LogP contribution in [0.3, 0.4) is 0 Å². The van der Waals surface area contributed by atoms with Crippen molar-refractivity contribution in [2.24, 2.45) is 10.7 Å². The van der Waals surface area contributed by atoms with Crippen molar-refractivity contribution in [3.05, 3.63) is 64.2 Å². The van der Waals surface area contributed by atoms with Crippen molar-refractivity contribution in [1.29, 1.82) is 0 Å². The molecule has 9 nitrogen and oxygen atoms in total. The number of nitrogens with two attached hydrogens (primary N) is 1. The summed E-state index contributed by atoms with van der Waals surface area (Å²) in [7, 11) is 0. The fourth-order valence-corrected chi connectivity index (χ4v) is 4.60. The van der Waals surface area contributed by atoms with Crippen LogP contribution in [-0.4, -0.2) is 53.9 Å². The van der Waals surface area contributed by atoms with Gasteiger partial charge in [0.15, 0.2) is 18.0 Å². The van der Waals surface area contributed by atoms with E-state index in [0.29, 0.717) is 23.8 Å². The minimum Gasteiger partial charge on any atom is -0.383 e. The summed E-state index contributed by atoms with van der Waals surface area (Å²) in [5.74, 6) is -0.798. The number of aliphatic hydroxyl groups excluding tert-OH is 1. The van der Waals surface area contributed by atoms with Gasteiger partial charge in [0.05, 0.1) is 13.2 Å². The molecule has 2 heterocycles. The number of nitrogens with zero attached hydrogens (tertiary/aromatic N) is 2. The lowest BCUT2D eigenvalue weighted by atomic mass is 9.91. The number of carbonyl (C=O) groups excluding carboxylic acids is 3. The minimum absolute atomic E-state index is 0.00632. The van der Waals surface area contributed by atoms with Crippen molar-refractivity contribution in [1.82, 2.24) is 0 Å². The van der Waals surface area contributed by atoms with Gasteiger partial charge < -0.3 is 25.8 Å².